The first-order valence-corrected chi connectivity index (χ1v) is 6.91. The van der Waals surface area contributed by atoms with Gasteiger partial charge in [0.15, 0.2) is 0 Å². The van der Waals surface area contributed by atoms with Crippen LogP contribution in [-0.2, 0) is 0 Å². The Morgan fingerprint density at radius 3 is 2.37 bits per heavy atom. The molecule has 1 heterocycles. The Bertz CT molecular complexity index is 415. The third-order valence-electron chi connectivity index (χ3n) is 3.36. The molecule has 0 atom stereocenters. The summed E-state index contributed by atoms with van der Waals surface area (Å²) in [4.78, 5) is 11.2. The Labute approximate surface area is 116 Å². The van der Waals surface area contributed by atoms with Crippen LogP contribution in [-0.4, -0.2) is 41.0 Å². The predicted octanol–water partition coefficient (Wildman–Crippen LogP) is 2.24. The Morgan fingerprint density at radius 2 is 1.84 bits per heavy atom. The van der Waals surface area contributed by atoms with Gasteiger partial charge in [0, 0.05) is 30.6 Å². The number of aromatic nitrogens is 2. The fraction of sp³-hybridized carbons (Fsp3) is 0.714. The van der Waals surface area contributed by atoms with Crippen molar-refractivity contribution in [1.82, 2.24) is 14.9 Å². The smallest absolute Gasteiger partial charge is 0.135 e. The minimum absolute atomic E-state index is 0.279. The molecule has 0 aliphatic carbocycles. The first kappa shape index (κ1) is 15.7. The molecule has 0 saturated heterocycles. The molecule has 5 heteroatoms. The molecule has 0 fully saturated rings. The quantitative estimate of drug-likeness (QED) is 0.825. The highest BCUT2D eigenvalue weighted by Crippen LogP contribution is 2.20. The SMILES string of the molecule is Cc1c(N)nc(C(C)C)nc1NCCN(C)C(C)C. The van der Waals surface area contributed by atoms with Crippen LogP contribution in [0.15, 0.2) is 0 Å². The lowest BCUT2D eigenvalue weighted by Crippen LogP contribution is -2.31. The zero-order chi connectivity index (χ0) is 14.6. The number of nitrogens with two attached hydrogens (primary N) is 1. The predicted molar refractivity (Wildman–Crippen MR) is 81.5 cm³/mol. The number of nitrogens with zero attached hydrogens (tertiary/aromatic N) is 3. The number of anilines is 2. The van der Waals surface area contributed by atoms with Gasteiger partial charge in [0.1, 0.15) is 17.5 Å². The average Bonchev–Trinajstić information content (AvgIpc) is 2.33. The highest BCUT2D eigenvalue weighted by Gasteiger charge is 2.11. The molecule has 0 aliphatic heterocycles. The normalized spacial score (nSPS) is 11.6. The Morgan fingerprint density at radius 1 is 1.21 bits per heavy atom. The van der Waals surface area contributed by atoms with E-state index in [1.165, 1.54) is 0 Å². The number of likely N-dealkylation sites (N-methyl/N-ethyl adjacent to an activating group) is 1. The van der Waals surface area contributed by atoms with Crippen molar-refractivity contribution < 1.29 is 0 Å². The van der Waals surface area contributed by atoms with Crippen LogP contribution in [0.5, 0.6) is 0 Å². The lowest BCUT2D eigenvalue weighted by molar-refractivity contribution is 0.284. The van der Waals surface area contributed by atoms with Crippen LogP contribution in [0.3, 0.4) is 0 Å². The summed E-state index contributed by atoms with van der Waals surface area (Å²) in [5.74, 6) is 2.50. The maximum absolute atomic E-state index is 5.94. The number of hydrogen-bond donors (Lipinski definition) is 2. The van der Waals surface area contributed by atoms with Crippen molar-refractivity contribution in [1.29, 1.82) is 0 Å². The summed E-state index contributed by atoms with van der Waals surface area (Å²) in [6, 6.07) is 0.546. The third-order valence-corrected chi connectivity index (χ3v) is 3.36. The van der Waals surface area contributed by atoms with Gasteiger partial charge in [-0.25, -0.2) is 9.97 Å². The van der Waals surface area contributed by atoms with Gasteiger partial charge in [-0.15, -0.1) is 0 Å². The maximum Gasteiger partial charge on any atom is 0.135 e. The number of rotatable bonds is 6. The van der Waals surface area contributed by atoms with E-state index < -0.39 is 0 Å². The number of nitrogens with one attached hydrogen (secondary N) is 1. The Hall–Kier alpha value is -1.36. The van der Waals surface area contributed by atoms with Gasteiger partial charge in [0.05, 0.1) is 0 Å². The molecule has 108 valence electrons. The van der Waals surface area contributed by atoms with E-state index in [2.05, 4.69) is 54.9 Å². The Balaban J connectivity index is 2.72. The van der Waals surface area contributed by atoms with Crippen molar-refractivity contribution in [3.63, 3.8) is 0 Å². The summed E-state index contributed by atoms with van der Waals surface area (Å²) in [6.45, 7) is 12.3. The summed E-state index contributed by atoms with van der Waals surface area (Å²) < 4.78 is 0. The molecule has 1 rings (SSSR count). The van der Waals surface area contributed by atoms with Gasteiger partial charge < -0.3 is 16.0 Å². The fourth-order valence-corrected chi connectivity index (χ4v) is 1.59. The second kappa shape index (κ2) is 6.70. The van der Waals surface area contributed by atoms with Crippen LogP contribution in [0.25, 0.3) is 0 Å². The second-order valence-corrected chi connectivity index (χ2v) is 5.60. The molecule has 19 heavy (non-hydrogen) atoms. The van der Waals surface area contributed by atoms with E-state index in [9.17, 15) is 0 Å². The molecule has 1 aromatic rings. The minimum atomic E-state index is 0.279. The van der Waals surface area contributed by atoms with Crippen LogP contribution in [0.1, 0.15) is 45.0 Å². The topological polar surface area (TPSA) is 67.1 Å². The third kappa shape index (κ3) is 4.35. The van der Waals surface area contributed by atoms with E-state index in [4.69, 9.17) is 5.73 Å². The van der Waals surface area contributed by atoms with Crippen LogP contribution in [0.2, 0.25) is 0 Å². The van der Waals surface area contributed by atoms with E-state index in [1.54, 1.807) is 0 Å². The number of hydrogen-bond acceptors (Lipinski definition) is 5. The standard InChI is InChI=1S/C14H27N5/c1-9(2)13-17-12(15)11(5)14(18-13)16-7-8-19(6)10(3)4/h9-10H,7-8H2,1-6H3,(H3,15,16,17,18). The molecule has 0 aromatic carbocycles. The molecule has 0 radical (unpaired) electrons. The molecule has 1 aromatic heterocycles. The first-order chi connectivity index (χ1) is 8.82. The molecule has 0 unspecified atom stereocenters. The molecule has 0 aliphatic rings. The molecule has 0 bridgehead atoms. The van der Waals surface area contributed by atoms with E-state index in [1.807, 2.05) is 6.92 Å². The summed E-state index contributed by atoms with van der Waals surface area (Å²) in [5.41, 5.74) is 6.86. The van der Waals surface area contributed by atoms with Crippen LogP contribution in [0.4, 0.5) is 11.6 Å². The lowest BCUT2D eigenvalue weighted by atomic mass is 10.2. The minimum Gasteiger partial charge on any atom is -0.383 e. The zero-order valence-electron chi connectivity index (χ0n) is 13.0. The number of nitrogen functional groups attached to an aromatic ring is 1. The van der Waals surface area contributed by atoms with E-state index >= 15 is 0 Å². The van der Waals surface area contributed by atoms with Gasteiger partial charge in [-0.1, -0.05) is 13.8 Å². The van der Waals surface area contributed by atoms with Crippen LogP contribution in [0, 0.1) is 6.92 Å². The highest BCUT2D eigenvalue weighted by molar-refractivity contribution is 5.54. The van der Waals surface area contributed by atoms with Crippen molar-refractivity contribution in [2.45, 2.75) is 46.6 Å². The molecular weight excluding hydrogens is 238 g/mol. The molecule has 5 nitrogen and oxygen atoms in total. The fourth-order valence-electron chi connectivity index (χ4n) is 1.59. The van der Waals surface area contributed by atoms with Gasteiger partial charge in [-0.3, -0.25) is 0 Å². The van der Waals surface area contributed by atoms with Gasteiger partial charge in [-0.2, -0.15) is 0 Å². The van der Waals surface area contributed by atoms with Gasteiger partial charge in [0.2, 0.25) is 0 Å². The first-order valence-electron chi connectivity index (χ1n) is 6.91. The van der Waals surface area contributed by atoms with Crippen molar-refractivity contribution in [2.24, 2.45) is 0 Å². The van der Waals surface area contributed by atoms with Crippen LogP contribution >= 0.6 is 0 Å². The second-order valence-electron chi connectivity index (χ2n) is 5.60. The summed E-state index contributed by atoms with van der Waals surface area (Å²) in [7, 11) is 2.12. The zero-order valence-corrected chi connectivity index (χ0v) is 13.0. The van der Waals surface area contributed by atoms with Crippen LogP contribution < -0.4 is 11.1 Å². The average molecular weight is 265 g/mol. The molecule has 0 saturated carbocycles. The van der Waals surface area contributed by atoms with Crippen molar-refractivity contribution >= 4 is 11.6 Å². The van der Waals surface area contributed by atoms with Gasteiger partial charge in [0.25, 0.3) is 0 Å². The monoisotopic (exact) mass is 265 g/mol. The Kier molecular flexibility index (Phi) is 5.54. The highest BCUT2D eigenvalue weighted by atomic mass is 15.1. The van der Waals surface area contributed by atoms with Crippen molar-refractivity contribution in [3.8, 4) is 0 Å². The lowest BCUT2D eigenvalue weighted by Gasteiger charge is -2.21. The summed E-state index contributed by atoms with van der Waals surface area (Å²) in [6.07, 6.45) is 0. The molecule has 0 amide bonds. The van der Waals surface area contributed by atoms with Crippen molar-refractivity contribution in [3.05, 3.63) is 11.4 Å². The van der Waals surface area contributed by atoms with E-state index in [-0.39, 0.29) is 5.92 Å². The van der Waals surface area contributed by atoms with E-state index in [0.29, 0.717) is 11.9 Å². The van der Waals surface area contributed by atoms with E-state index in [0.717, 1.165) is 30.3 Å². The summed E-state index contributed by atoms with van der Waals surface area (Å²) >= 11 is 0. The van der Waals surface area contributed by atoms with Crippen molar-refractivity contribution in [2.75, 3.05) is 31.2 Å². The largest absolute Gasteiger partial charge is 0.383 e. The van der Waals surface area contributed by atoms with Gasteiger partial charge in [-0.05, 0) is 27.8 Å². The maximum atomic E-state index is 5.94. The molecular formula is C14H27N5. The van der Waals surface area contributed by atoms with Gasteiger partial charge >= 0.3 is 0 Å². The molecule has 0 spiro atoms. The molecule has 3 N–H and O–H groups in total. The summed E-state index contributed by atoms with van der Waals surface area (Å²) in [5, 5.41) is 3.36.